The lowest BCUT2D eigenvalue weighted by molar-refractivity contribution is 0.262. The van der Waals surface area contributed by atoms with Gasteiger partial charge in [-0.15, -0.1) is 0 Å². The van der Waals surface area contributed by atoms with Crippen molar-refractivity contribution in [3.05, 3.63) is 54.1 Å². The van der Waals surface area contributed by atoms with Crippen LogP contribution in [-0.4, -0.2) is 17.2 Å². The van der Waals surface area contributed by atoms with Crippen LogP contribution < -0.4 is 10.6 Å². The number of benzene rings is 2. The Bertz CT molecular complexity index is 533. The highest BCUT2D eigenvalue weighted by atomic mass is 31.0. The largest absolute Gasteiger partial charge is 0.508 e. The Labute approximate surface area is 125 Å². The molecule has 0 aliphatic heterocycles. The van der Waals surface area contributed by atoms with Gasteiger partial charge in [-0.05, 0) is 43.3 Å². The second-order valence-electron chi connectivity index (χ2n) is 4.13. The Hall–Kier alpha value is -2.39. The number of nitrogens with one attached hydrogen (secondary N) is 2. The predicted octanol–water partition coefficient (Wildman–Crippen LogP) is 3.40. The lowest BCUT2D eigenvalue weighted by Crippen LogP contribution is -2.19. The highest BCUT2D eigenvalue weighted by Crippen LogP contribution is 2.14. The summed E-state index contributed by atoms with van der Waals surface area (Å²) in [5.41, 5.74) is 2.49. The second kappa shape index (κ2) is 8.72. The first-order valence-corrected chi connectivity index (χ1v) is 6.81. The number of amides is 2. The zero-order chi connectivity index (χ0) is 15.7. The summed E-state index contributed by atoms with van der Waals surface area (Å²) < 4.78 is 0. The number of hydrogen-bond donors (Lipinski definition) is 3. The van der Waals surface area contributed by atoms with E-state index in [2.05, 4.69) is 10.6 Å². The molecule has 2 aromatic rings. The maximum Gasteiger partial charge on any atom is 0.323 e. The molecule has 2 aromatic carbocycles. The number of hydrogen-bond acceptors (Lipinski definition) is 3. The van der Waals surface area contributed by atoms with E-state index in [0.29, 0.717) is 11.7 Å². The Morgan fingerprint density at radius 3 is 1.81 bits per heavy atom. The topological polar surface area (TPSA) is 78.4 Å². The van der Waals surface area contributed by atoms with Crippen molar-refractivity contribution in [3.8, 4) is 5.75 Å². The molecule has 0 heterocycles. The first kappa shape index (κ1) is 16.7. The van der Waals surface area contributed by atoms with E-state index in [9.17, 15) is 4.79 Å². The monoisotopic (exact) mass is 304 g/mol. The summed E-state index contributed by atoms with van der Waals surface area (Å²) in [6.07, 6.45) is 0. The van der Waals surface area contributed by atoms with Crippen LogP contribution in [0.2, 0.25) is 0 Å². The summed E-state index contributed by atoms with van der Waals surface area (Å²) in [5, 5.41) is 14.5. The molecule has 2 rings (SSSR count). The van der Waals surface area contributed by atoms with Gasteiger partial charge in [-0.3, -0.25) is 4.79 Å². The van der Waals surface area contributed by atoms with E-state index in [0.717, 1.165) is 11.3 Å². The molecule has 0 aliphatic rings. The molecule has 0 radical (unpaired) electrons. The molecule has 0 bridgehead atoms. The first-order valence-electron chi connectivity index (χ1n) is 6.14. The number of phenolic OH excluding ortho intramolecular Hbond substituents is 1. The minimum absolute atomic E-state index is 0.166. The van der Waals surface area contributed by atoms with Crippen LogP contribution in [-0.2, 0) is 4.79 Å². The van der Waals surface area contributed by atoms with E-state index in [1.54, 1.807) is 12.1 Å². The normalized spacial score (nSPS) is 9.05. The van der Waals surface area contributed by atoms with Gasteiger partial charge in [-0.1, -0.05) is 26.9 Å². The van der Waals surface area contributed by atoms with Gasteiger partial charge in [0, 0.05) is 11.4 Å². The molecule has 0 aliphatic carbocycles. The molecule has 21 heavy (non-hydrogen) atoms. The van der Waals surface area contributed by atoms with Crippen molar-refractivity contribution >= 4 is 32.7 Å². The molecular weight excluding hydrogens is 287 g/mol. The number of rotatable bonds is 2. The maximum atomic E-state index is 11.7. The standard InChI is InChI=1S/C14H14N2O2.CH3OP/c1-10-2-4-11(5-3-10)15-14(18)16-12-6-8-13(17)9-7-12;2-1-3/h2-9,17H,1H3,(H2,15,16,18);1H,3H2. The van der Waals surface area contributed by atoms with E-state index >= 15 is 0 Å². The summed E-state index contributed by atoms with van der Waals surface area (Å²) in [6, 6.07) is 14.2. The van der Waals surface area contributed by atoms with E-state index in [1.807, 2.05) is 40.4 Å². The van der Waals surface area contributed by atoms with Crippen molar-refractivity contribution in [2.45, 2.75) is 6.92 Å². The fourth-order valence-electron chi connectivity index (χ4n) is 1.48. The number of anilines is 2. The third-order valence-electron chi connectivity index (χ3n) is 2.43. The molecule has 3 N–H and O–H groups in total. The van der Waals surface area contributed by atoms with Gasteiger partial charge >= 0.3 is 6.03 Å². The molecule has 1 atom stereocenters. The summed E-state index contributed by atoms with van der Waals surface area (Å²) >= 11 is 0. The van der Waals surface area contributed by atoms with Crippen LogP contribution in [0.25, 0.3) is 0 Å². The average Bonchev–Trinajstić information content (AvgIpc) is 2.45. The van der Waals surface area contributed by atoms with Crippen LogP contribution in [0, 0.1) is 6.92 Å². The summed E-state index contributed by atoms with van der Waals surface area (Å²) in [6.45, 7) is 1.99. The van der Waals surface area contributed by atoms with E-state index in [1.165, 1.54) is 12.1 Å². The van der Waals surface area contributed by atoms with E-state index < -0.39 is 0 Å². The Morgan fingerprint density at radius 2 is 1.38 bits per heavy atom. The fourth-order valence-corrected chi connectivity index (χ4v) is 1.48. The van der Waals surface area contributed by atoms with Gasteiger partial charge in [0.25, 0.3) is 0 Å². The number of carbonyl (C=O) groups is 2. The predicted molar refractivity (Wildman–Crippen MR) is 88.4 cm³/mol. The second-order valence-corrected chi connectivity index (χ2v) is 4.40. The molecule has 110 valence electrons. The number of phenols is 1. The van der Waals surface area contributed by atoms with Crippen molar-refractivity contribution in [1.82, 2.24) is 0 Å². The van der Waals surface area contributed by atoms with Crippen LogP contribution in [0.5, 0.6) is 5.75 Å². The quantitative estimate of drug-likeness (QED) is 0.452. The van der Waals surface area contributed by atoms with Crippen molar-refractivity contribution in [3.63, 3.8) is 0 Å². The SMILES string of the molecule is Cc1ccc(NC(=O)Nc2ccc(O)cc2)cc1.O=CP. The van der Waals surface area contributed by atoms with E-state index in [-0.39, 0.29) is 11.8 Å². The van der Waals surface area contributed by atoms with Gasteiger partial charge in [0.05, 0.1) is 0 Å². The summed E-state index contributed by atoms with van der Waals surface area (Å²) in [7, 11) is 1.90. The first-order chi connectivity index (χ1) is 10.0. The molecule has 0 fully saturated rings. The molecular formula is C15H17N2O3P. The average molecular weight is 304 g/mol. The zero-order valence-corrected chi connectivity index (χ0v) is 12.7. The molecule has 6 heteroatoms. The third-order valence-corrected chi connectivity index (χ3v) is 2.43. The van der Waals surface area contributed by atoms with Crippen LogP contribution >= 0.6 is 9.24 Å². The van der Waals surface area contributed by atoms with Gasteiger partial charge in [0.2, 0.25) is 0 Å². The molecule has 0 aromatic heterocycles. The smallest absolute Gasteiger partial charge is 0.323 e. The highest BCUT2D eigenvalue weighted by Gasteiger charge is 2.02. The number of carbonyl (C=O) groups excluding carboxylic acids is 2. The van der Waals surface area contributed by atoms with E-state index in [4.69, 9.17) is 9.90 Å². The fraction of sp³-hybridized carbons (Fsp3) is 0.0667. The number of urea groups is 1. The Kier molecular flexibility index (Phi) is 6.92. The maximum absolute atomic E-state index is 11.7. The zero-order valence-electron chi connectivity index (χ0n) is 11.5. The minimum atomic E-state index is -0.315. The van der Waals surface area contributed by atoms with Crippen LogP contribution in [0.1, 0.15) is 5.56 Å². The third kappa shape index (κ3) is 6.54. The van der Waals surface area contributed by atoms with Crippen LogP contribution in [0.15, 0.2) is 48.5 Å². The van der Waals surface area contributed by atoms with Crippen molar-refractivity contribution in [2.24, 2.45) is 0 Å². The number of aromatic hydroxyl groups is 1. The summed E-state index contributed by atoms with van der Waals surface area (Å²) in [5.74, 6) is 0.166. The van der Waals surface area contributed by atoms with Crippen molar-refractivity contribution < 1.29 is 14.7 Å². The van der Waals surface area contributed by atoms with Gasteiger partial charge in [-0.2, -0.15) is 0 Å². The lowest BCUT2D eigenvalue weighted by atomic mass is 10.2. The van der Waals surface area contributed by atoms with Gasteiger partial charge < -0.3 is 15.7 Å². The molecule has 5 nitrogen and oxygen atoms in total. The highest BCUT2D eigenvalue weighted by molar-refractivity contribution is 7.36. The Morgan fingerprint density at radius 1 is 1.00 bits per heavy atom. The molecule has 2 amide bonds. The van der Waals surface area contributed by atoms with Gasteiger partial charge in [0.15, 0.2) is 0 Å². The minimum Gasteiger partial charge on any atom is -0.508 e. The molecule has 0 saturated carbocycles. The molecule has 0 spiro atoms. The van der Waals surface area contributed by atoms with Crippen LogP contribution in [0.4, 0.5) is 16.2 Å². The van der Waals surface area contributed by atoms with Crippen molar-refractivity contribution in [1.29, 1.82) is 0 Å². The van der Waals surface area contributed by atoms with Gasteiger partial charge in [-0.25, -0.2) is 4.79 Å². The Balaban J connectivity index is 0.000000677. The molecule has 0 saturated heterocycles. The van der Waals surface area contributed by atoms with Crippen LogP contribution in [0.3, 0.4) is 0 Å². The lowest BCUT2D eigenvalue weighted by Gasteiger charge is -2.07. The van der Waals surface area contributed by atoms with Crippen molar-refractivity contribution in [2.75, 3.05) is 10.6 Å². The summed E-state index contributed by atoms with van der Waals surface area (Å²) in [4.78, 5) is 20.4. The number of aryl methyl sites for hydroxylation is 1. The molecule has 1 unspecified atom stereocenters. The van der Waals surface area contributed by atoms with Gasteiger partial charge in [0.1, 0.15) is 11.8 Å².